The molecule has 0 N–H and O–H groups in total. The topological polar surface area (TPSA) is 81.9 Å². The Balaban J connectivity index is 2.34. The van der Waals surface area contributed by atoms with Crippen molar-refractivity contribution in [3.05, 3.63) is 28.3 Å². The van der Waals surface area contributed by atoms with E-state index in [1.54, 1.807) is 0 Å². The number of methoxy groups -OCH3 is 1. The van der Waals surface area contributed by atoms with Gasteiger partial charge in [-0.2, -0.15) is 5.06 Å². The normalized spacial score (nSPS) is 22.9. The van der Waals surface area contributed by atoms with Crippen LogP contribution in [0.25, 0.3) is 0 Å². The summed E-state index contributed by atoms with van der Waals surface area (Å²) >= 11 is 0. The first-order valence-electron chi connectivity index (χ1n) is 9.06. The number of carbonyl (C=O) groups excluding carboxylic acids is 1. The van der Waals surface area contributed by atoms with Crippen LogP contribution in [0.1, 0.15) is 47.0 Å². The molecule has 1 amide bonds. The predicted molar refractivity (Wildman–Crippen MR) is 99.0 cm³/mol. The highest BCUT2D eigenvalue weighted by Gasteiger charge is 2.36. The summed E-state index contributed by atoms with van der Waals surface area (Å²) in [5, 5.41) is 12.2. The number of hydrogen-bond acceptors (Lipinski definition) is 5. The lowest BCUT2D eigenvalue weighted by Gasteiger charge is -2.40. The van der Waals surface area contributed by atoms with E-state index in [9.17, 15) is 14.9 Å². The maximum Gasteiger partial charge on any atom is 0.273 e. The molecule has 0 spiro atoms. The summed E-state index contributed by atoms with van der Waals surface area (Å²) in [5.41, 5.74) is 0.284. The number of anilines is 1. The van der Waals surface area contributed by atoms with Crippen LogP contribution in [0.4, 0.5) is 11.4 Å². The number of hydroxylamine groups is 1. The van der Waals surface area contributed by atoms with Gasteiger partial charge >= 0.3 is 0 Å². The summed E-state index contributed by atoms with van der Waals surface area (Å²) in [6.45, 7) is 7.99. The number of nitro groups is 1. The summed E-state index contributed by atoms with van der Waals surface area (Å²) in [6, 6.07) is 4.15. The second-order valence-corrected chi connectivity index (χ2v) is 7.30. The minimum absolute atomic E-state index is 0.0810. The molecule has 26 heavy (non-hydrogen) atoms. The van der Waals surface area contributed by atoms with Crippen molar-refractivity contribution in [3.63, 3.8) is 0 Å². The lowest BCUT2D eigenvalue weighted by molar-refractivity contribution is -0.384. The van der Waals surface area contributed by atoms with E-state index in [1.165, 1.54) is 37.3 Å². The van der Waals surface area contributed by atoms with Gasteiger partial charge in [0.25, 0.3) is 5.69 Å². The first kappa shape index (κ1) is 20.2. The number of nitrogens with zero attached hydrogens (tertiary/aromatic N) is 2. The first-order chi connectivity index (χ1) is 12.3. The molecule has 0 aliphatic heterocycles. The molecule has 2 rings (SSSR count). The molecule has 0 heterocycles. The molecule has 0 radical (unpaired) electrons. The smallest absolute Gasteiger partial charge is 0.273 e. The number of ether oxygens (including phenoxy) is 1. The Labute approximate surface area is 154 Å². The van der Waals surface area contributed by atoms with Crippen LogP contribution in [-0.4, -0.2) is 24.0 Å². The molecule has 3 atom stereocenters. The zero-order chi connectivity index (χ0) is 19.4. The molecule has 0 bridgehead atoms. The Morgan fingerprint density at radius 3 is 2.58 bits per heavy atom. The number of carbonyl (C=O) groups is 1. The second-order valence-electron chi connectivity index (χ2n) is 7.30. The van der Waals surface area contributed by atoms with Gasteiger partial charge in [0, 0.05) is 13.0 Å². The van der Waals surface area contributed by atoms with Gasteiger partial charge in [0.1, 0.15) is 5.69 Å². The molecule has 3 unspecified atom stereocenters. The molecule has 0 saturated heterocycles. The fourth-order valence-corrected chi connectivity index (χ4v) is 3.99. The van der Waals surface area contributed by atoms with Crippen LogP contribution in [0.5, 0.6) is 5.75 Å². The van der Waals surface area contributed by atoms with Crippen LogP contribution in [0.3, 0.4) is 0 Å². The standard InChI is InChI=1S/C19H28N2O5/c1-12(2)19-13(3)7-6-8-17(19)26-20(14(4)22)16-10-9-15(21(23)24)11-18(16)25-5/h9-13,17,19H,6-8H2,1-5H3. The highest BCUT2D eigenvalue weighted by Crippen LogP contribution is 2.39. The molecule has 0 aromatic heterocycles. The summed E-state index contributed by atoms with van der Waals surface area (Å²) < 4.78 is 5.27. The molecule has 7 nitrogen and oxygen atoms in total. The molecule has 1 aromatic carbocycles. The molecular weight excluding hydrogens is 336 g/mol. The highest BCUT2D eigenvalue weighted by atomic mass is 16.7. The van der Waals surface area contributed by atoms with Crippen LogP contribution in [0.2, 0.25) is 0 Å². The predicted octanol–water partition coefficient (Wildman–Crippen LogP) is 4.35. The van der Waals surface area contributed by atoms with E-state index in [0.29, 0.717) is 23.4 Å². The summed E-state index contributed by atoms with van der Waals surface area (Å²) in [5.74, 6) is 1.23. The van der Waals surface area contributed by atoms with Gasteiger partial charge in [-0.3, -0.25) is 19.7 Å². The van der Waals surface area contributed by atoms with Crippen molar-refractivity contribution in [1.29, 1.82) is 0 Å². The average molecular weight is 364 g/mol. The highest BCUT2D eigenvalue weighted by molar-refractivity contribution is 5.91. The second kappa shape index (κ2) is 8.49. The van der Waals surface area contributed by atoms with E-state index in [4.69, 9.17) is 9.57 Å². The third kappa shape index (κ3) is 4.33. The number of non-ortho nitro benzene ring substituents is 1. The van der Waals surface area contributed by atoms with Gasteiger partial charge in [-0.25, -0.2) is 0 Å². The molecule has 1 saturated carbocycles. The largest absolute Gasteiger partial charge is 0.494 e. The van der Waals surface area contributed by atoms with Crippen LogP contribution in [-0.2, 0) is 9.63 Å². The van der Waals surface area contributed by atoms with Gasteiger partial charge in [-0.15, -0.1) is 0 Å². The van der Waals surface area contributed by atoms with Crippen LogP contribution in [0.15, 0.2) is 18.2 Å². The van der Waals surface area contributed by atoms with E-state index in [0.717, 1.165) is 19.3 Å². The van der Waals surface area contributed by atoms with E-state index in [2.05, 4.69) is 20.8 Å². The van der Waals surface area contributed by atoms with Crippen molar-refractivity contribution in [2.45, 2.75) is 53.1 Å². The van der Waals surface area contributed by atoms with Gasteiger partial charge in [0.05, 0.1) is 24.2 Å². The number of nitro benzene ring substituents is 1. The third-order valence-electron chi connectivity index (χ3n) is 5.12. The van der Waals surface area contributed by atoms with Crippen molar-refractivity contribution in [1.82, 2.24) is 0 Å². The van der Waals surface area contributed by atoms with E-state index < -0.39 is 4.92 Å². The summed E-state index contributed by atoms with van der Waals surface area (Å²) in [7, 11) is 1.42. The lowest BCUT2D eigenvalue weighted by atomic mass is 9.72. The molecule has 1 aliphatic rings. The minimum atomic E-state index is -0.497. The Kier molecular flexibility index (Phi) is 6.58. The monoisotopic (exact) mass is 364 g/mol. The van der Waals surface area contributed by atoms with Crippen LogP contribution < -0.4 is 9.80 Å². The summed E-state index contributed by atoms with van der Waals surface area (Å²) in [4.78, 5) is 28.9. The SMILES string of the molecule is COc1cc([N+](=O)[O-])ccc1N(OC1CCCC(C)C1C(C)C)C(C)=O. The maximum absolute atomic E-state index is 12.3. The van der Waals surface area contributed by atoms with Crippen molar-refractivity contribution < 1.29 is 19.3 Å². The fourth-order valence-electron chi connectivity index (χ4n) is 3.99. The number of benzene rings is 1. The van der Waals surface area contributed by atoms with Gasteiger partial charge in [0.15, 0.2) is 5.75 Å². The Hall–Kier alpha value is -2.15. The number of rotatable bonds is 6. The maximum atomic E-state index is 12.3. The fraction of sp³-hybridized carbons (Fsp3) is 0.632. The molecule has 1 aliphatic carbocycles. The molecule has 1 fully saturated rings. The van der Waals surface area contributed by atoms with Crippen LogP contribution in [0, 0.1) is 27.9 Å². The average Bonchev–Trinajstić information content (AvgIpc) is 2.58. The minimum Gasteiger partial charge on any atom is -0.494 e. The van der Waals surface area contributed by atoms with E-state index >= 15 is 0 Å². The van der Waals surface area contributed by atoms with Gasteiger partial charge < -0.3 is 4.74 Å². The van der Waals surface area contributed by atoms with Gasteiger partial charge in [-0.05, 0) is 30.2 Å². The van der Waals surface area contributed by atoms with Crippen molar-refractivity contribution in [3.8, 4) is 5.75 Å². The van der Waals surface area contributed by atoms with E-state index in [-0.39, 0.29) is 23.4 Å². The zero-order valence-corrected chi connectivity index (χ0v) is 16.1. The Morgan fingerprint density at radius 2 is 2.04 bits per heavy atom. The van der Waals surface area contributed by atoms with Gasteiger partial charge in [-0.1, -0.05) is 33.6 Å². The molecule has 1 aromatic rings. The van der Waals surface area contributed by atoms with Crippen molar-refractivity contribution >= 4 is 17.3 Å². The zero-order valence-electron chi connectivity index (χ0n) is 16.1. The summed E-state index contributed by atoms with van der Waals surface area (Å²) in [6.07, 6.45) is 3.01. The van der Waals surface area contributed by atoms with Gasteiger partial charge in [0.2, 0.25) is 5.91 Å². The number of hydrogen-bond donors (Lipinski definition) is 0. The molecule has 144 valence electrons. The Bertz CT molecular complexity index is 661. The first-order valence-corrected chi connectivity index (χ1v) is 9.06. The molecule has 7 heteroatoms. The third-order valence-corrected chi connectivity index (χ3v) is 5.12. The lowest BCUT2D eigenvalue weighted by Crippen LogP contribution is -2.43. The Morgan fingerprint density at radius 1 is 1.35 bits per heavy atom. The molecular formula is C19H28N2O5. The van der Waals surface area contributed by atoms with Crippen molar-refractivity contribution in [2.24, 2.45) is 17.8 Å². The van der Waals surface area contributed by atoms with Crippen molar-refractivity contribution in [2.75, 3.05) is 12.2 Å². The quantitative estimate of drug-likeness (QED) is 0.554. The van der Waals surface area contributed by atoms with Crippen LogP contribution >= 0.6 is 0 Å². The number of amides is 1. The van der Waals surface area contributed by atoms with E-state index in [1.807, 2.05) is 0 Å².